The Morgan fingerprint density at radius 3 is 2.34 bits per heavy atom. The number of hydrogen-bond donors (Lipinski definition) is 3. The van der Waals surface area contributed by atoms with Gasteiger partial charge >= 0.3 is 5.97 Å². The zero-order chi connectivity index (χ0) is 26.7. The first-order valence-corrected chi connectivity index (χ1v) is 12.1. The number of fused-ring (bicyclic) bond motifs is 2. The number of phenols is 1. The molecule has 2 aliphatic rings. The van der Waals surface area contributed by atoms with Crippen LogP contribution in [0.15, 0.2) is 72.8 Å². The Labute approximate surface area is 225 Å². The van der Waals surface area contributed by atoms with E-state index in [0.717, 1.165) is 27.8 Å². The monoisotopic (exact) mass is 546 g/mol. The molecule has 0 aromatic heterocycles. The quantitative estimate of drug-likeness (QED) is 0.254. The first kappa shape index (κ1) is 23.8. The van der Waals surface area contributed by atoms with Crippen LogP contribution in [0.2, 0.25) is 10.0 Å². The van der Waals surface area contributed by atoms with E-state index in [4.69, 9.17) is 27.9 Å². The molecule has 10 heteroatoms. The van der Waals surface area contributed by atoms with Crippen LogP contribution in [0.4, 0.5) is 11.4 Å². The van der Waals surface area contributed by atoms with E-state index >= 15 is 0 Å². The van der Waals surface area contributed by atoms with Crippen molar-refractivity contribution < 1.29 is 29.3 Å². The highest BCUT2D eigenvalue weighted by Crippen LogP contribution is 2.43. The van der Waals surface area contributed by atoms with Crippen LogP contribution in [0.1, 0.15) is 42.9 Å². The Balaban J connectivity index is 1.30. The summed E-state index contributed by atoms with van der Waals surface area (Å²) < 4.78 is 6.05. The van der Waals surface area contributed by atoms with E-state index < -0.39 is 24.0 Å². The summed E-state index contributed by atoms with van der Waals surface area (Å²) in [5.74, 6) is -2.31. The second-order valence-electron chi connectivity index (χ2n) is 8.74. The van der Waals surface area contributed by atoms with Crippen molar-refractivity contribution in [3.05, 3.63) is 105 Å². The van der Waals surface area contributed by atoms with E-state index in [0.29, 0.717) is 21.4 Å². The summed E-state index contributed by atoms with van der Waals surface area (Å²) in [6.07, 6.45) is -0.665. The van der Waals surface area contributed by atoms with Crippen LogP contribution in [0.5, 0.6) is 11.5 Å². The molecule has 4 aromatic rings. The number of carboxylic acid groups (broad SMARTS) is 1. The van der Waals surface area contributed by atoms with Gasteiger partial charge < -0.3 is 20.3 Å². The average Bonchev–Trinajstić information content (AvgIpc) is 3.44. The Hall–Kier alpha value is -4.53. The average molecular weight is 547 g/mol. The van der Waals surface area contributed by atoms with Crippen molar-refractivity contribution >= 4 is 52.4 Å². The fourth-order valence-electron chi connectivity index (χ4n) is 4.53. The Bertz CT molecular complexity index is 1700. The van der Waals surface area contributed by atoms with Crippen molar-refractivity contribution in [3.63, 3.8) is 0 Å². The minimum atomic E-state index is -1.22. The Kier molecular flexibility index (Phi) is 5.52. The van der Waals surface area contributed by atoms with Crippen molar-refractivity contribution in [2.75, 3.05) is 10.2 Å². The van der Waals surface area contributed by atoms with Gasteiger partial charge in [0.25, 0.3) is 11.8 Å². The molecule has 0 aliphatic carbocycles. The highest BCUT2D eigenvalue weighted by Gasteiger charge is 2.39. The van der Waals surface area contributed by atoms with Gasteiger partial charge in [0, 0.05) is 5.56 Å². The lowest BCUT2D eigenvalue weighted by Crippen LogP contribution is -2.29. The van der Waals surface area contributed by atoms with Gasteiger partial charge in [-0.3, -0.25) is 9.59 Å². The molecule has 6 rings (SSSR count). The number of carboxylic acids is 1. The SMILES string of the molecule is O=C(O)c1ccc2c(c1)C(=O)N(c1cc(C3Nc4cc(-c5ccc(Cl)c(Cl)c5)ccc4O3)ccc1O)C2=O. The third-order valence-electron chi connectivity index (χ3n) is 6.44. The molecule has 188 valence electrons. The summed E-state index contributed by atoms with van der Waals surface area (Å²) >= 11 is 12.2. The number of nitrogens with zero attached hydrogens (tertiary/aromatic N) is 1. The van der Waals surface area contributed by atoms with Crippen LogP contribution in [-0.2, 0) is 0 Å². The third kappa shape index (κ3) is 3.82. The summed E-state index contributed by atoms with van der Waals surface area (Å²) in [4.78, 5) is 38.3. The summed E-state index contributed by atoms with van der Waals surface area (Å²) in [6, 6.07) is 19.1. The Morgan fingerprint density at radius 1 is 0.842 bits per heavy atom. The van der Waals surface area contributed by atoms with Crippen molar-refractivity contribution in [2.45, 2.75) is 6.23 Å². The van der Waals surface area contributed by atoms with Crippen molar-refractivity contribution in [2.24, 2.45) is 0 Å². The summed E-state index contributed by atoms with van der Waals surface area (Å²) in [6.45, 7) is 0. The second-order valence-corrected chi connectivity index (χ2v) is 9.56. The van der Waals surface area contributed by atoms with Crippen LogP contribution in [0.3, 0.4) is 0 Å². The minimum absolute atomic E-state index is 0.0385. The van der Waals surface area contributed by atoms with Gasteiger partial charge in [-0.05, 0) is 71.8 Å². The lowest BCUT2D eigenvalue weighted by atomic mass is 10.0. The maximum atomic E-state index is 13.1. The molecule has 0 spiro atoms. The maximum absolute atomic E-state index is 13.1. The molecule has 0 saturated heterocycles. The van der Waals surface area contributed by atoms with Crippen LogP contribution in [0.25, 0.3) is 11.1 Å². The third-order valence-corrected chi connectivity index (χ3v) is 7.18. The van der Waals surface area contributed by atoms with Crippen molar-refractivity contribution in [1.29, 1.82) is 0 Å². The molecule has 2 amide bonds. The van der Waals surface area contributed by atoms with Gasteiger partial charge in [0.2, 0.25) is 0 Å². The number of anilines is 2. The van der Waals surface area contributed by atoms with Gasteiger partial charge in [-0.2, -0.15) is 0 Å². The normalized spacial score (nSPS) is 15.6. The highest BCUT2D eigenvalue weighted by molar-refractivity contribution is 6.42. The number of halogens is 2. The number of benzene rings is 4. The molecular weight excluding hydrogens is 531 g/mol. The topological polar surface area (TPSA) is 116 Å². The first-order chi connectivity index (χ1) is 18.2. The van der Waals surface area contributed by atoms with Gasteiger partial charge in [-0.1, -0.05) is 35.3 Å². The number of phenolic OH excluding ortho intramolecular Hbond substituents is 1. The number of rotatable bonds is 4. The van der Waals surface area contributed by atoms with E-state index in [1.165, 1.54) is 24.3 Å². The lowest BCUT2D eigenvalue weighted by molar-refractivity contribution is 0.0696. The van der Waals surface area contributed by atoms with E-state index in [2.05, 4.69) is 5.32 Å². The molecule has 0 saturated carbocycles. The van der Waals surface area contributed by atoms with Gasteiger partial charge in [0.15, 0.2) is 6.23 Å². The summed E-state index contributed by atoms with van der Waals surface area (Å²) in [5, 5.41) is 24.0. The van der Waals surface area contributed by atoms with E-state index in [9.17, 15) is 24.6 Å². The number of aromatic carboxylic acids is 1. The number of ether oxygens (including phenoxy) is 1. The number of carbonyl (C=O) groups is 3. The number of nitrogens with one attached hydrogen (secondary N) is 1. The minimum Gasteiger partial charge on any atom is -0.506 e. The highest BCUT2D eigenvalue weighted by atomic mass is 35.5. The molecule has 0 bridgehead atoms. The molecule has 2 heterocycles. The fourth-order valence-corrected chi connectivity index (χ4v) is 4.82. The molecule has 8 nitrogen and oxygen atoms in total. The van der Waals surface area contributed by atoms with Crippen LogP contribution >= 0.6 is 23.2 Å². The van der Waals surface area contributed by atoms with Crippen LogP contribution in [0, 0.1) is 0 Å². The van der Waals surface area contributed by atoms with Gasteiger partial charge in [0.05, 0.1) is 38.1 Å². The predicted molar refractivity (Wildman–Crippen MR) is 142 cm³/mol. The van der Waals surface area contributed by atoms with E-state index in [1.54, 1.807) is 18.2 Å². The zero-order valence-corrected chi connectivity index (χ0v) is 20.7. The number of hydrogen-bond acceptors (Lipinski definition) is 6. The zero-order valence-electron chi connectivity index (χ0n) is 19.2. The summed E-state index contributed by atoms with van der Waals surface area (Å²) in [7, 11) is 0. The van der Waals surface area contributed by atoms with E-state index in [-0.39, 0.29) is 28.1 Å². The number of aromatic hydroxyl groups is 1. The molecule has 3 N–H and O–H groups in total. The lowest BCUT2D eigenvalue weighted by Gasteiger charge is -2.19. The summed E-state index contributed by atoms with van der Waals surface area (Å²) in [5.41, 5.74) is 2.88. The molecule has 38 heavy (non-hydrogen) atoms. The van der Waals surface area contributed by atoms with Crippen LogP contribution < -0.4 is 15.0 Å². The molecule has 1 unspecified atom stereocenters. The van der Waals surface area contributed by atoms with E-state index in [1.807, 2.05) is 24.3 Å². The smallest absolute Gasteiger partial charge is 0.335 e. The largest absolute Gasteiger partial charge is 0.506 e. The maximum Gasteiger partial charge on any atom is 0.335 e. The van der Waals surface area contributed by atoms with Crippen molar-refractivity contribution in [1.82, 2.24) is 0 Å². The molecule has 0 radical (unpaired) electrons. The molecule has 4 aromatic carbocycles. The standard InChI is InChI=1S/C28H16Cl2N2O6/c29-19-6-2-13(10-20(19)30)14-4-8-24-21(11-14)31-25(38-24)15-3-7-23(33)22(12-15)32-26(34)17-5-1-16(28(36)37)9-18(17)27(32)35/h1-12,25,31,33H,(H,36,37). The molecule has 1 atom stereocenters. The van der Waals surface area contributed by atoms with Gasteiger partial charge in [0.1, 0.15) is 11.5 Å². The van der Waals surface area contributed by atoms with Gasteiger partial charge in [-0.25, -0.2) is 9.69 Å². The first-order valence-electron chi connectivity index (χ1n) is 11.3. The second kappa shape index (κ2) is 8.79. The van der Waals surface area contributed by atoms with Crippen LogP contribution in [-0.4, -0.2) is 28.0 Å². The van der Waals surface area contributed by atoms with Crippen molar-refractivity contribution in [3.8, 4) is 22.6 Å². The van der Waals surface area contributed by atoms with Gasteiger partial charge in [-0.15, -0.1) is 0 Å². The Morgan fingerprint density at radius 2 is 1.58 bits per heavy atom. The number of amides is 2. The number of carbonyl (C=O) groups excluding carboxylic acids is 2. The predicted octanol–water partition coefficient (Wildman–Crippen LogP) is 6.37. The molecule has 0 fully saturated rings. The number of imide groups is 1. The molecule has 2 aliphatic heterocycles. The fraction of sp³-hybridized carbons (Fsp3) is 0.0357. The molecular formula is C28H16Cl2N2O6.